The van der Waals surface area contributed by atoms with Crippen molar-refractivity contribution >= 4 is 36.5 Å². The van der Waals surface area contributed by atoms with E-state index in [1.54, 1.807) is 46.4 Å². The van der Waals surface area contributed by atoms with E-state index in [0.29, 0.717) is 18.4 Å². The second-order valence-electron chi connectivity index (χ2n) is 13.7. The highest BCUT2D eigenvalue weighted by atomic mass is 32.1. The number of aryl methyl sites for hydroxylation is 2. The zero-order valence-electron chi connectivity index (χ0n) is 27.8. The smallest absolute Gasteiger partial charge is 0.408 e. The number of esters is 1. The lowest BCUT2D eigenvalue weighted by atomic mass is 9.86. The number of hydrogen-bond donors (Lipinski definition) is 3. The fourth-order valence-corrected chi connectivity index (χ4v) is 5.57. The van der Waals surface area contributed by atoms with Crippen LogP contribution in [0.1, 0.15) is 89.1 Å². The maximum atomic E-state index is 14.6. The summed E-state index contributed by atoms with van der Waals surface area (Å²) in [5.41, 5.74) is 1.63. The maximum absolute atomic E-state index is 14.6. The number of carbonyl (C=O) groups excluding carboxylic acids is 4. The number of rotatable bonds is 11. The number of nitrogens with one attached hydrogen (secondary N) is 2. The summed E-state index contributed by atoms with van der Waals surface area (Å²) in [6.07, 6.45) is 1.76. The minimum atomic E-state index is -1.08. The van der Waals surface area contributed by atoms with Gasteiger partial charge in [0.05, 0.1) is 0 Å². The summed E-state index contributed by atoms with van der Waals surface area (Å²) in [5, 5.41) is 5.63. The van der Waals surface area contributed by atoms with Crippen molar-refractivity contribution in [2.45, 2.75) is 116 Å². The second kappa shape index (κ2) is 15.2. The Balaban J connectivity index is 2.07. The molecule has 3 atom stereocenters. The molecule has 1 fully saturated rings. The number of carbonyl (C=O) groups is 4. The van der Waals surface area contributed by atoms with Crippen LogP contribution in [0.25, 0.3) is 0 Å². The molecule has 3 rings (SSSR count). The SMILES string of the molecule is Cc1cccc(C)c1C(C(=O)NC(Cc1ccccc1)C(=O)OC(C)(C)C)N(C(=O)C(CS)NC(=O)OC(C)(C)C)C1CCC1. The normalized spacial score (nSPS) is 15.6. The van der Waals surface area contributed by atoms with Crippen LogP contribution in [-0.2, 0) is 30.3 Å². The monoisotopic (exact) mass is 639 g/mol. The van der Waals surface area contributed by atoms with Gasteiger partial charge in [0, 0.05) is 18.2 Å². The Kier molecular flexibility index (Phi) is 12.1. The van der Waals surface area contributed by atoms with Crippen molar-refractivity contribution in [2.24, 2.45) is 0 Å². The van der Waals surface area contributed by atoms with Crippen molar-refractivity contribution in [3.63, 3.8) is 0 Å². The maximum Gasteiger partial charge on any atom is 0.408 e. The van der Waals surface area contributed by atoms with Crippen LogP contribution in [-0.4, -0.2) is 63.9 Å². The van der Waals surface area contributed by atoms with Crippen molar-refractivity contribution < 1.29 is 28.7 Å². The Morgan fingerprint density at radius 2 is 1.42 bits per heavy atom. The van der Waals surface area contributed by atoms with Crippen LogP contribution >= 0.6 is 12.6 Å². The first-order chi connectivity index (χ1) is 21.0. The van der Waals surface area contributed by atoms with E-state index in [1.165, 1.54) is 0 Å². The van der Waals surface area contributed by atoms with Crippen molar-refractivity contribution in [2.75, 3.05) is 5.75 Å². The van der Waals surface area contributed by atoms with E-state index in [1.807, 2.05) is 62.4 Å². The molecular formula is C35H49N3O6S. The fraction of sp³-hybridized carbons (Fsp3) is 0.543. The lowest BCUT2D eigenvalue weighted by molar-refractivity contribution is -0.159. The van der Waals surface area contributed by atoms with E-state index in [4.69, 9.17) is 9.47 Å². The average molecular weight is 640 g/mol. The number of thiol groups is 1. The third-order valence-electron chi connectivity index (χ3n) is 7.53. The molecule has 0 bridgehead atoms. The Morgan fingerprint density at radius 1 is 0.844 bits per heavy atom. The van der Waals surface area contributed by atoms with Gasteiger partial charge in [-0.1, -0.05) is 48.5 Å². The molecule has 1 aliphatic rings. The Labute approximate surface area is 273 Å². The van der Waals surface area contributed by atoms with Crippen LogP contribution in [0.15, 0.2) is 48.5 Å². The van der Waals surface area contributed by atoms with Crippen molar-refractivity contribution in [3.8, 4) is 0 Å². The molecule has 1 aliphatic carbocycles. The number of alkyl carbamates (subject to hydrolysis) is 1. The largest absolute Gasteiger partial charge is 0.458 e. The molecule has 2 N–H and O–H groups in total. The van der Waals surface area contributed by atoms with Crippen LogP contribution in [0.4, 0.5) is 4.79 Å². The summed E-state index contributed by atoms with van der Waals surface area (Å²) in [4.78, 5) is 56.8. The molecule has 0 saturated heterocycles. The average Bonchev–Trinajstić information content (AvgIpc) is 2.89. The highest BCUT2D eigenvalue weighted by Crippen LogP contribution is 2.36. The second-order valence-corrected chi connectivity index (χ2v) is 14.1. The molecule has 0 spiro atoms. The lowest BCUT2D eigenvalue weighted by Crippen LogP contribution is -2.59. The molecule has 2 aromatic rings. The number of hydrogen-bond acceptors (Lipinski definition) is 7. The van der Waals surface area contributed by atoms with E-state index in [0.717, 1.165) is 23.1 Å². The van der Waals surface area contributed by atoms with Crippen LogP contribution in [0.3, 0.4) is 0 Å². The molecule has 9 nitrogen and oxygen atoms in total. The predicted octanol–water partition coefficient (Wildman–Crippen LogP) is 5.62. The van der Waals surface area contributed by atoms with E-state index >= 15 is 0 Å². The zero-order chi connectivity index (χ0) is 33.5. The van der Waals surface area contributed by atoms with Crippen molar-refractivity contribution in [3.05, 3.63) is 70.8 Å². The highest BCUT2D eigenvalue weighted by molar-refractivity contribution is 7.80. The first-order valence-electron chi connectivity index (χ1n) is 15.6. The van der Waals surface area contributed by atoms with Gasteiger partial charge in [-0.05, 0) is 96.9 Å². The molecule has 3 unspecified atom stereocenters. The molecule has 45 heavy (non-hydrogen) atoms. The predicted molar refractivity (Wildman–Crippen MR) is 178 cm³/mol. The fourth-order valence-electron chi connectivity index (χ4n) is 5.32. The van der Waals surface area contributed by atoms with Gasteiger partial charge in [0.15, 0.2) is 0 Å². The third-order valence-corrected chi connectivity index (χ3v) is 7.89. The first kappa shape index (κ1) is 35.9. The zero-order valence-corrected chi connectivity index (χ0v) is 28.7. The minimum absolute atomic E-state index is 0.00305. The molecule has 3 amide bonds. The molecule has 0 aliphatic heterocycles. The summed E-state index contributed by atoms with van der Waals surface area (Å²) < 4.78 is 11.1. The Hall–Kier alpha value is -3.53. The van der Waals surface area contributed by atoms with E-state index in [9.17, 15) is 19.2 Å². The summed E-state index contributed by atoms with van der Waals surface area (Å²) in [6, 6.07) is 11.7. The van der Waals surface area contributed by atoms with E-state index in [-0.39, 0.29) is 18.2 Å². The van der Waals surface area contributed by atoms with Crippen LogP contribution in [0, 0.1) is 13.8 Å². The topological polar surface area (TPSA) is 114 Å². The molecule has 0 radical (unpaired) electrons. The number of nitrogens with zero attached hydrogens (tertiary/aromatic N) is 1. The molecule has 2 aromatic carbocycles. The van der Waals surface area contributed by atoms with Gasteiger partial charge in [0.25, 0.3) is 0 Å². The number of ether oxygens (including phenoxy) is 2. The van der Waals surface area contributed by atoms with Gasteiger partial charge >= 0.3 is 12.1 Å². The highest BCUT2D eigenvalue weighted by Gasteiger charge is 2.43. The van der Waals surface area contributed by atoms with E-state index < -0.39 is 53.2 Å². The summed E-state index contributed by atoms with van der Waals surface area (Å²) in [5.74, 6) is -1.52. The summed E-state index contributed by atoms with van der Waals surface area (Å²) in [6.45, 7) is 14.3. The lowest BCUT2D eigenvalue weighted by Gasteiger charge is -2.44. The van der Waals surface area contributed by atoms with Gasteiger partial charge in [-0.3, -0.25) is 9.59 Å². The molecule has 246 valence electrons. The van der Waals surface area contributed by atoms with Gasteiger partial charge in [-0.25, -0.2) is 9.59 Å². The summed E-state index contributed by atoms with van der Waals surface area (Å²) >= 11 is 4.40. The molecule has 10 heteroatoms. The van der Waals surface area contributed by atoms with Crippen molar-refractivity contribution in [1.82, 2.24) is 15.5 Å². The van der Waals surface area contributed by atoms with Gasteiger partial charge in [-0.2, -0.15) is 12.6 Å². The van der Waals surface area contributed by atoms with Crippen LogP contribution in [0.2, 0.25) is 0 Å². The van der Waals surface area contributed by atoms with Gasteiger partial charge in [0.1, 0.15) is 29.3 Å². The molecule has 0 aromatic heterocycles. The van der Waals surface area contributed by atoms with Crippen LogP contribution < -0.4 is 10.6 Å². The molecule has 0 heterocycles. The number of amides is 3. The van der Waals surface area contributed by atoms with E-state index in [2.05, 4.69) is 23.3 Å². The first-order valence-corrected chi connectivity index (χ1v) is 16.2. The van der Waals surface area contributed by atoms with Gasteiger partial charge < -0.3 is 25.0 Å². The van der Waals surface area contributed by atoms with Gasteiger partial charge in [-0.15, -0.1) is 0 Å². The summed E-state index contributed by atoms with van der Waals surface area (Å²) in [7, 11) is 0. The minimum Gasteiger partial charge on any atom is -0.458 e. The quantitative estimate of drug-likeness (QED) is 0.217. The molecule has 1 saturated carbocycles. The van der Waals surface area contributed by atoms with Crippen LogP contribution in [0.5, 0.6) is 0 Å². The molecular weight excluding hydrogens is 590 g/mol. The standard InChI is InChI=1S/C35H49N3O6S/c1-22-14-12-15-23(2)28(22)29(30(39)36-26(32(41)43-34(3,4)5)20-24-16-10-9-11-17-24)38(25-18-13-19-25)31(40)27(21-45)37-33(42)44-35(6,7)8/h9-12,14-17,25-27,29,45H,13,18-21H2,1-8H3,(H,36,39)(H,37,42). The Bertz CT molecular complexity index is 1330. The number of benzene rings is 2. The van der Waals surface area contributed by atoms with Crippen molar-refractivity contribution in [1.29, 1.82) is 0 Å². The van der Waals surface area contributed by atoms with Gasteiger partial charge in [0.2, 0.25) is 11.8 Å². The third kappa shape index (κ3) is 10.2. The Morgan fingerprint density at radius 3 is 1.91 bits per heavy atom.